The third kappa shape index (κ3) is 2.62. The maximum absolute atomic E-state index is 12.0. The maximum Gasteiger partial charge on any atom is 0.409 e. The molecule has 0 aromatic heterocycles. The Hall–Kier alpha value is -1.64. The lowest BCUT2D eigenvalue weighted by atomic mass is 10.1. The van der Waals surface area contributed by atoms with Crippen molar-refractivity contribution in [3.8, 4) is 0 Å². The molecule has 7 nitrogen and oxygen atoms in total. The highest BCUT2D eigenvalue weighted by Crippen LogP contribution is 2.33. The van der Waals surface area contributed by atoms with Crippen LogP contribution >= 0.6 is 0 Å². The molecule has 0 bridgehead atoms. The molecule has 0 aliphatic carbocycles. The monoisotopic (exact) mass is 301 g/mol. The summed E-state index contributed by atoms with van der Waals surface area (Å²) in [7, 11) is -2.06. The Morgan fingerprint density at radius 1 is 1.50 bits per heavy atom. The van der Waals surface area contributed by atoms with E-state index in [2.05, 4.69) is 0 Å². The molecule has 1 unspecified atom stereocenters. The van der Waals surface area contributed by atoms with Gasteiger partial charge in [0.2, 0.25) is 0 Å². The zero-order valence-electron chi connectivity index (χ0n) is 10.8. The van der Waals surface area contributed by atoms with Crippen LogP contribution in [0.5, 0.6) is 0 Å². The number of sulfone groups is 1. The fourth-order valence-corrected chi connectivity index (χ4v) is 3.30. The van der Waals surface area contributed by atoms with E-state index in [9.17, 15) is 18.3 Å². The quantitative estimate of drug-likeness (QED) is 0.843. The Labute approximate surface area is 116 Å². The van der Waals surface area contributed by atoms with Crippen LogP contribution in [0.2, 0.25) is 0 Å². The number of carboxylic acid groups (broad SMARTS) is 1. The van der Waals surface area contributed by atoms with E-state index < -0.39 is 22.2 Å². The topological polar surface area (TPSA) is 104 Å². The minimum Gasteiger partial charge on any atom is -0.465 e. The Balaban J connectivity index is 2.32. The van der Waals surface area contributed by atoms with Gasteiger partial charge in [0.05, 0.1) is 23.8 Å². The van der Waals surface area contributed by atoms with Crippen molar-refractivity contribution in [2.75, 3.05) is 19.5 Å². The summed E-state index contributed by atoms with van der Waals surface area (Å²) in [5.41, 5.74) is 0.913. The van der Waals surface area contributed by atoms with Crippen molar-refractivity contribution in [2.45, 2.75) is 17.7 Å². The predicted octanol–water partition coefficient (Wildman–Crippen LogP) is 0.591. The molecule has 1 aromatic carbocycles. The van der Waals surface area contributed by atoms with Gasteiger partial charge in [0, 0.05) is 12.7 Å². The van der Waals surface area contributed by atoms with Crippen molar-refractivity contribution >= 4 is 15.9 Å². The number of fused-ring (bicyclic) bond motifs is 1. The molecule has 0 fully saturated rings. The fraction of sp³-hybridized carbons (Fsp3) is 0.417. The lowest BCUT2D eigenvalue weighted by Crippen LogP contribution is -2.27. The van der Waals surface area contributed by atoms with Gasteiger partial charge in [0.15, 0.2) is 16.1 Å². The molecule has 1 atom stereocenters. The Morgan fingerprint density at radius 3 is 2.80 bits per heavy atom. The molecule has 1 aromatic rings. The van der Waals surface area contributed by atoms with E-state index in [-0.39, 0.29) is 23.8 Å². The second kappa shape index (κ2) is 5.39. The number of benzene rings is 1. The minimum absolute atomic E-state index is 0.0283. The molecule has 1 aliphatic rings. The van der Waals surface area contributed by atoms with Gasteiger partial charge in [-0.25, -0.2) is 13.2 Å². The van der Waals surface area contributed by atoms with E-state index in [0.717, 1.165) is 4.90 Å². The molecule has 0 saturated carbocycles. The van der Waals surface area contributed by atoms with Crippen molar-refractivity contribution in [2.24, 2.45) is 0 Å². The summed E-state index contributed by atoms with van der Waals surface area (Å²) >= 11 is 0. The molecule has 0 spiro atoms. The van der Waals surface area contributed by atoms with E-state index >= 15 is 0 Å². The zero-order chi connectivity index (χ0) is 14.9. The van der Waals surface area contributed by atoms with Crippen molar-refractivity contribution in [1.29, 1.82) is 0 Å². The number of methoxy groups -OCH3 is 1. The highest BCUT2D eigenvalue weighted by Gasteiger charge is 2.32. The van der Waals surface area contributed by atoms with Crippen LogP contribution in [0, 0.1) is 0 Å². The first-order chi connectivity index (χ1) is 9.36. The molecule has 0 saturated heterocycles. The van der Waals surface area contributed by atoms with E-state index in [1.165, 1.54) is 25.3 Å². The van der Waals surface area contributed by atoms with Gasteiger partial charge < -0.3 is 14.9 Å². The molecule has 1 heterocycles. The fourth-order valence-electron chi connectivity index (χ4n) is 2.09. The number of nitrogens with zero attached hydrogens (tertiary/aromatic N) is 1. The van der Waals surface area contributed by atoms with Crippen LogP contribution < -0.4 is 0 Å². The summed E-state index contributed by atoms with van der Waals surface area (Å²) in [6, 6.07) is 4.23. The summed E-state index contributed by atoms with van der Waals surface area (Å²) in [5, 5.41) is 18.8. The van der Waals surface area contributed by atoms with Gasteiger partial charge in [-0.1, -0.05) is 6.07 Å². The van der Waals surface area contributed by atoms with Gasteiger partial charge in [0.25, 0.3) is 0 Å². The number of hydrogen-bond donors (Lipinski definition) is 2. The standard InChI is InChI=1S/C12H15NO6S/c1-19-4-5-20(17,18)9-2-3-10-8(6-9)7-13(11(10)14)12(15)16/h2-3,6,11,14H,4-5,7H2,1H3,(H,15,16). The Kier molecular flexibility index (Phi) is 3.98. The molecular weight excluding hydrogens is 286 g/mol. The number of aliphatic hydroxyl groups is 1. The van der Waals surface area contributed by atoms with E-state index in [1.54, 1.807) is 0 Å². The third-order valence-electron chi connectivity index (χ3n) is 3.19. The highest BCUT2D eigenvalue weighted by molar-refractivity contribution is 7.91. The van der Waals surface area contributed by atoms with E-state index in [0.29, 0.717) is 11.1 Å². The van der Waals surface area contributed by atoms with Crippen LogP contribution in [-0.4, -0.2) is 49.1 Å². The van der Waals surface area contributed by atoms with Crippen LogP contribution in [0.15, 0.2) is 23.1 Å². The van der Waals surface area contributed by atoms with Gasteiger partial charge >= 0.3 is 6.09 Å². The largest absolute Gasteiger partial charge is 0.465 e. The molecule has 2 rings (SSSR count). The van der Waals surface area contributed by atoms with Crippen LogP contribution in [-0.2, 0) is 21.1 Å². The van der Waals surface area contributed by atoms with E-state index in [1.807, 2.05) is 0 Å². The van der Waals surface area contributed by atoms with Crippen molar-refractivity contribution in [3.63, 3.8) is 0 Å². The summed E-state index contributed by atoms with van der Waals surface area (Å²) in [5.74, 6) is -0.145. The van der Waals surface area contributed by atoms with Crippen LogP contribution in [0.1, 0.15) is 17.4 Å². The van der Waals surface area contributed by atoms with Crippen LogP contribution in [0.25, 0.3) is 0 Å². The van der Waals surface area contributed by atoms with Gasteiger partial charge in [0.1, 0.15) is 0 Å². The summed E-state index contributed by atoms with van der Waals surface area (Å²) < 4.78 is 28.8. The van der Waals surface area contributed by atoms with Crippen molar-refractivity contribution < 1.29 is 28.2 Å². The minimum atomic E-state index is -3.47. The molecule has 110 valence electrons. The lowest BCUT2D eigenvalue weighted by Gasteiger charge is -2.15. The average molecular weight is 301 g/mol. The van der Waals surface area contributed by atoms with Crippen molar-refractivity contribution in [1.82, 2.24) is 4.90 Å². The average Bonchev–Trinajstić information content (AvgIpc) is 2.73. The van der Waals surface area contributed by atoms with Gasteiger partial charge in [-0.3, -0.25) is 4.90 Å². The molecular formula is C12H15NO6S. The van der Waals surface area contributed by atoms with Crippen LogP contribution in [0.3, 0.4) is 0 Å². The molecule has 1 aliphatic heterocycles. The maximum atomic E-state index is 12.0. The smallest absolute Gasteiger partial charge is 0.409 e. The molecule has 1 amide bonds. The first kappa shape index (κ1) is 14.8. The Morgan fingerprint density at radius 2 is 2.20 bits per heavy atom. The second-order valence-corrected chi connectivity index (χ2v) is 6.57. The van der Waals surface area contributed by atoms with Gasteiger partial charge in [-0.05, 0) is 17.7 Å². The first-order valence-electron chi connectivity index (χ1n) is 5.89. The summed E-state index contributed by atoms with van der Waals surface area (Å²) in [4.78, 5) is 11.9. The zero-order valence-corrected chi connectivity index (χ0v) is 11.6. The van der Waals surface area contributed by atoms with Gasteiger partial charge in [-0.2, -0.15) is 0 Å². The number of carbonyl (C=O) groups is 1. The number of aliphatic hydroxyl groups excluding tert-OH is 1. The summed E-state index contributed by atoms with van der Waals surface area (Å²) in [6.45, 7) is 0.0583. The first-order valence-corrected chi connectivity index (χ1v) is 7.54. The second-order valence-electron chi connectivity index (χ2n) is 4.46. The van der Waals surface area contributed by atoms with Crippen molar-refractivity contribution in [3.05, 3.63) is 29.3 Å². The number of ether oxygens (including phenoxy) is 1. The molecule has 20 heavy (non-hydrogen) atoms. The normalized spacial score (nSPS) is 18.1. The van der Waals surface area contributed by atoms with E-state index in [4.69, 9.17) is 9.84 Å². The lowest BCUT2D eigenvalue weighted by molar-refractivity contribution is 0.0210. The third-order valence-corrected chi connectivity index (χ3v) is 4.87. The van der Waals surface area contributed by atoms with Gasteiger partial charge in [-0.15, -0.1) is 0 Å². The molecule has 0 radical (unpaired) electrons. The Bertz CT molecular complexity index is 627. The van der Waals surface area contributed by atoms with Crippen LogP contribution in [0.4, 0.5) is 4.79 Å². The number of amides is 1. The SMILES string of the molecule is COCCS(=O)(=O)c1ccc2c(c1)CN(C(=O)O)C2O. The number of hydrogen-bond acceptors (Lipinski definition) is 5. The summed E-state index contributed by atoms with van der Waals surface area (Å²) in [6.07, 6.45) is -2.50. The highest BCUT2D eigenvalue weighted by atomic mass is 32.2. The predicted molar refractivity (Wildman–Crippen MR) is 68.9 cm³/mol. The number of rotatable bonds is 4. The molecule has 8 heteroatoms. The molecule has 2 N–H and O–H groups in total.